The molecule has 3 aromatic rings. The Labute approximate surface area is 244 Å². The van der Waals surface area contributed by atoms with Crippen molar-refractivity contribution in [3.05, 3.63) is 66.2 Å². The molecule has 0 bridgehead atoms. The number of methoxy groups -OCH3 is 1. The van der Waals surface area contributed by atoms with Crippen molar-refractivity contribution in [2.24, 2.45) is 5.41 Å². The zero-order chi connectivity index (χ0) is 30.7. The van der Waals surface area contributed by atoms with Gasteiger partial charge in [-0.15, -0.1) is 0 Å². The van der Waals surface area contributed by atoms with E-state index in [0.29, 0.717) is 25.1 Å². The number of esters is 1. The normalized spacial score (nSPS) is 16.0. The molecule has 12 heteroatoms. The van der Waals surface area contributed by atoms with Crippen LogP contribution < -0.4 is 20.7 Å². The molecule has 4 rings (SSSR count). The molecule has 0 radical (unpaired) electrons. The number of benzene rings is 3. The summed E-state index contributed by atoms with van der Waals surface area (Å²) in [5.74, 6) is -2.83. The Morgan fingerprint density at radius 3 is 2.40 bits per heavy atom. The second-order valence-electron chi connectivity index (χ2n) is 10.3. The van der Waals surface area contributed by atoms with Gasteiger partial charge in [0.05, 0.1) is 29.1 Å². The Morgan fingerprint density at radius 2 is 1.76 bits per heavy atom. The average Bonchev–Trinajstić information content (AvgIpc) is 3.08. The van der Waals surface area contributed by atoms with Gasteiger partial charge in [-0.25, -0.2) is 13.2 Å². The van der Waals surface area contributed by atoms with Crippen molar-refractivity contribution in [3.63, 3.8) is 0 Å². The minimum Gasteiger partial charge on any atom is -0.504 e. The molecule has 5 N–H and O–H groups in total. The lowest BCUT2D eigenvalue weighted by Gasteiger charge is -2.35. The average molecular weight is 598 g/mol. The third kappa shape index (κ3) is 6.08. The maximum absolute atomic E-state index is 13.8. The lowest BCUT2D eigenvalue weighted by Crippen LogP contribution is -2.37. The molecule has 0 saturated carbocycles. The Kier molecular flexibility index (Phi) is 8.86. The van der Waals surface area contributed by atoms with Gasteiger partial charge in [-0.2, -0.15) is 0 Å². The number of rotatable bonds is 9. The summed E-state index contributed by atoms with van der Waals surface area (Å²) < 4.78 is 38.0. The molecule has 0 spiro atoms. The van der Waals surface area contributed by atoms with Gasteiger partial charge in [-0.1, -0.05) is 44.2 Å². The van der Waals surface area contributed by atoms with E-state index < -0.39 is 51.3 Å². The van der Waals surface area contributed by atoms with Crippen LogP contribution in [0.2, 0.25) is 0 Å². The molecule has 11 nitrogen and oxygen atoms in total. The van der Waals surface area contributed by atoms with Gasteiger partial charge in [0, 0.05) is 29.3 Å². The van der Waals surface area contributed by atoms with Crippen molar-refractivity contribution in [2.45, 2.75) is 37.6 Å². The van der Waals surface area contributed by atoms with Crippen molar-refractivity contribution >= 4 is 38.8 Å². The van der Waals surface area contributed by atoms with E-state index in [2.05, 4.69) is 5.32 Å². The Morgan fingerprint density at radius 1 is 1.07 bits per heavy atom. The number of anilines is 3. The number of fused-ring (bicyclic) bond motifs is 1. The second-order valence-corrected chi connectivity index (χ2v) is 12.2. The molecule has 1 aliphatic rings. The number of hydrogen-bond donors (Lipinski definition) is 4. The van der Waals surface area contributed by atoms with Crippen LogP contribution in [0.5, 0.6) is 17.2 Å². The number of para-hydroxylation sites is 2. The van der Waals surface area contributed by atoms with Gasteiger partial charge >= 0.3 is 5.97 Å². The number of phenols is 2. The van der Waals surface area contributed by atoms with Crippen LogP contribution in [0.15, 0.2) is 65.6 Å². The van der Waals surface area contributed by atoms with Crippen LogP contribution in [-0.4, -0.2) is 56.5 Å². The van der Waals surface area contributed by atoms with Crippen LogP contribution in [0, 0.1) is 5.41 Å². The second kappa shape index (κ2) is 12.2. The van der Waals surface area contributed by atoms with E-state index in [4.69, 9.17) is 15.2 Å². The van der Waals surface area contributed by atoms with E-state index in [1.165, 1.54) is 30.3 Å². The number of amides is 1. The van der Waals surface area contributed by atoms with Crippen LogP contribution >= 0.6 is 0 Å². The standard InChI is InChI=1S/C30H35N3O8S/c1-4-30(5-2)17-33(19-10-7-6-8-11-19)22-14-21(31)24(15-25(22)42(38,39)18-30)41-16-26(35)32-27(29(37)40-3)20-12-9-13-23(34)28(20)36/h6-15,27,34,36H,4-5,16-18,31H2,1-3H3,(H,32,35). The lowest BCUT2D eigenvalue weighted by atomic mass is 9.83. The number of aromatic hydroxyl groups is 2. The van der Waals surface area contributed by atoms with E-state index >= 15 is 0 Å². The third-order valence-corrected chi connectivity index (χ3v) is 9.72. The zero-order valence-corrected chi connectivity index (χ0v) is 24.5. The van der Waals surface area contributed by atoms with E-state index in [0.717, 1.165) is 12.8 Å². The monoisotopic (exact) mass is 597 g/mol. The molecular formula is C30H35N3O8S. The highest BCUT2D eigenvalue weighted by atomic mass is 32.2. The highest BCUT2D eigenvalue weighted by Gasteiger charge is 2.41. The molecule has 0 fully saturated rings. The molecule has 1 amide bonds. The summed E-state index contributed by atoms with van der Waals surface area (Å²) in [6.45, 7) is 3.80. The van der Waals surface area contributed by atoms with E-state index in [9.17, 15) is 28.2 Å². The molecule has 3 aromatic carbocycles. The highest BCUT2D eigenvalue weighted by molar-refractivity contribution is 7.91. The van der Waals surface area contributed by atoms with Crippen LogP contribution in [0.1, 0.15) is 38.3 Å². The summed E-state index contributed by atoms with van der Waals surface area (Å²) in [6, 6.07) is 14.8. The maximum atomic E-state index is 13.8. The quantitative estimate of drug-likeness (QED) is 0.162. The zero-order valence-electron chi connectivity index (χ0n) is 23.7. The van der Waals surface area contributed by atoms with Crippen molar-refractivity contribution < 1.29 is 37.7 Å². The number of carbonyl (C=O) groups is 2. The predicted octanol–water partition coefficient (Wildman–Crippen LogP) is 3.82. The fourth-order valence-electron chi connectivity index (χ4n) is 5.12. The summed E-state index contributed by atoms with van der Waals surface area (Å²) in [4.78, 5) is 27.2. The van der Waals surface area contributed by atoms with Gasteiger partial charge in [0.25, 0.3) is 5.91 Å². The number of nitrogen functional groups attached to an aromatic ring is 1. The number of nitrogens with one attached hydrogen (secondary N) is 1. The number of sulfone groups is 1. The van der Waals surface area contributed by atoms with Gasteiger partial charge in [0.2, 0.25) is 0 Å². The van der Waals surface area contributed by atoms with Crippen LogP contribution in [0.4, 0.5) is 17.1 Å². The first-order valence-corrected chi connectivity index (χ1v) is 15.1. The maximum Gasteiger partial charge on any atom is 0.333 e. The van der Waals surface area contributed by atoms with E-state index in [1.807, 2.05) is 49.1 Å². The summed E-state index contributed by atoms with van der Waals surface area (Å²) >= 11 is 0. The molecule has 0 aromatic heterocycles. The fourth-order valence-corrected chi connectivity index (χ4v) is 7.36. The first kappa shape index (κ1) is 30.5. The fraction of sp³-hybridized carbons (Fsp3) is 0.333. The molecule has 1 unspecified atom stereocenters. The van der Waals surface area contributed by atoms with Crippen molar-refractivity contribution in [1.29, 1.82) is 0 Å². The van der Waals surface area contributed by atoms with E-state index in [-0.39, 0.29) is 27.6 Å². The summed E-state index contributed by atoms with van der Waals surface area (Å²) in [5.41, 5.74) is 7.09. The number of phenolic OH excluding ortho intramolecular Hbond substituents is 2. The molecule has 224 valence electrons. The number of nitrogens with zero attached hydrogens (tertiary/aromatic N) is 1. The largest absolute Gasteiger partial charge is 0.504 e. The van der Waals surface area contributed by atoms with Gasteiger partial charge in [0.1, 0.15) is 5.75 Å². The molecular weight excluding hydrogens is 562 g/mol. The minimum atomic E-state index is -3.80. The molecule has 1 atom stereocenters. The van der Waals surface area contributed by atoms with Crippen molar-refractivity contribution in [3.8, 4) is 17.2 Å². The minimum absolute atomic E-state index is 0.0178. The highest BCUT2D eigenvalue weighted by Crippen LogP contribution is 2.46. The molecule has 1 heterocycles. The summed E-state index contributed by atoms with van der Waals surface area (Å²) in [7, 11) is -2.69. The number of ether oxygens (including phenoxy) is 2. The molecule has 0 aliphatic carbocycles. The van der Waals surface area contributed by atoms with Crippen LogP contribution in [0.3, 0.4) is 0 Å². The number of hydrogen-bond acceptors (Lipinski definition) is 10. The van der Waals surface area contributed by atoms with Gasteiger partial charge in [-0.05, 0) is 37.1 Å². The molecule has 42 heavy (non-hydrogen) atoms. The SMILES string of the molecule is CCC1(CC)CN(c2ccccc2)c2cc(N)c(OCC(=O)NC(C(=O)OC)c3cccc(O)c3O)cc2S(=O)(=O)C1. The van der Waals surface area contributed by atoms with Crippen LogP contribution in [-0.2, 0) is 24.2 Å². The van der Waals surface area contributed by atoms with Gasteiger partial charge in [0.15, 0.2) is 34.0 Å². The third-order valence-electron chi connectivity index (χ3n) is 7.73. The van der Waals surface area contributed by atoms with Crippen molar-refractivity contribution in [1.82, 2.24) is 5.32 Å². The first-order chi connectivity index (χ1) is 19.9. The van der Waals surface area contributed by atoms with Crippen molar-refractivity contribution in [2.75, 3.05) is 36.6 Å². The topological polar surface area (TPSA) is 168 Å². The van der Waals surface area contributed by atoms with E-state index in [1.54, 1.807) is 0 Å². The van der Waals surface area contributed by atoms with Gasteiger partial charge in [-0.3, -0.25) is 4.79 Å². The number of carbonyl (C=O) groups excluding carboxylic acids is 2. The predicted molar refractivity (Wildman–Crippen MR) is 158 cm³/mol. The van der Waals surface area contributed by atoms with Crippen LogP contribution in [0.25, 0.3) is 0 Å². The Hall–Kier alpha value is -4.45. The van der Waals surface area contributed by atoms with Gasteiger partial charge < -0.3 is 35.6 Å². The Bertz CT molecular complexity index is 1570. The molecule has 0 saturated heterocycles. The summed E-state index contributed by atoms with van der Waals surface area (Å²) in [5, 5.41) is 22.4. The summed E-state index contributed by atoms with van der Waals surface area (Å²) in [6.07, 6.45) is 1.30. The smallest absolute Gasteiger partial charge is 0.333 e. The first-order valence-electron chi connectivity index (χ1n) is 13.4. The number of nitrogens with two attached hydrogens (primary N) is 1. The Balaban J connectivity index is 1.65. The lowest BCUT2D eigenvalue weighted by molar-refractivity contribution is -0.145. The molecule has 1 aliphatic heterocycles.